The second kappa shape index (κ2) is 5.34. The molecule has 0 amide bonds. The Hall–Kier alpha value is -3.82. The highest BCUT2D eigenvalue weighted by molar-refractivity contribution is 5.79. The molecule has 4 aromatic rings. The molecule has 1 aliphatic heterocycles. The van der Waals surface area contributed by atoms with Crippen LogP contribution in [0.2, 0.25) is 0 Å². The summed E-state index contributed by atoms with van der Waals surface area (Å²) in [4.78, 5) is 35.1. The Bertz CT molecular complexity index is 1310. The van der Waals surface area contributed by atoms with E-state index in [1.807, 2.05) is 35.0 Å². The second-order valence-corrected chi connectivity index (χ2v) is 6.62. The van der Waals surface area contributed by atoms with Gasteiger partial charge in [0.05, 0.1) is 24.8 Å². The van der Waals surface area contributed by atoms with E-state index in [-0.39, 0.29) is 5.56 Å². The van der Waals surface area contributed by atoms with E-state index in [1.165, 1.54) is 0 Å². The van der Waals surface area contributed by atoms with Gasteiger partial charge in [-0.05, 0) is 6.07 Å². The van der Waals surface area contributed by atoms with E-state index in [1.54, 1.807) is 16.8 Å². The third-order valence-corrected chi connectivity index (χ3v) is 4.78. The lowest BCUT2D eigenvalue weighted by molar-refractivity contribution is 0.838. The van der Waals surface area contributed by atoms with Gasteiger partial charge in [0.2, 0.25) is 0 Å². The van der Waals surface area contributed by atoms with E-state index in [2.05, 4.69) is 15.1 Å². The zero-order chi connectivity index (χ0) is 18.7. The Morgan fingerprint density at radius 3 is 2.85 bits per heavy atom. The standard InChI is InChI=1S/C17H16N8O2/c1-23-3-2-9(6-23)10-5-19-25-13(18)4-14(21-15(10)25)24-7-11-12(8-24)20-17(27)22-16(11)26/h2-6H,7-8,18H2,1H3,(H2,20,22,26,27). The van der Waals surface area contributed by atoms with Crippen LogP contribution >= 0.6 is 0 Å². The Morgan fingerprint density at radius 2 is 2.07 bits per heavy atom. The number of nitrogens with zero attached hydrogens (tertiary/aromatic N) is 5. The molecule has 10 nitrogen and oxygen atoms in total. The molecule has 1 aliphatic rings. The van der Waals surface area contributed by atoms with Crippen molar-refractivity contribution in [3.8, 4) is 11.1 Å². The van der Waals surface area contributed by atoms with Crippen LogP contribution < -0.4 is 21.9 Å². The Labute approximate surface area is 151 Å². The van der Waals surface area contributed by atoms with E-state index >= 15 is 0 Å². The highest BCUT2D eigenvalue weighted by Crippen LogP contribution is 2.29. The minimum atomic E-state index is -0.509. The van der Waals surface area contributed by atoms with E-state index in [0.717, 1.165) is 11.1 Å². The molecule has 0 radical (unpaired) electrons. The smallest absolute Gasteiger partial charge is 0.325 e. The molecule has 0 aromatic carbocycles. The van der Waals surface area contributed by atoms with Crippen molar-refractivity contribution in [2.24, 2.45) is 7.05 Å². The first-order valence-corrected chi connectivity index (χ1v) is 8.35. The van der Waals surface area contributed by atoms with Gasteiger partial charge in [0.25, 0.3) is 5.56 Å². The molecule has 0 saturated carbocycles. The van der Waals surface area contributed by atoms with Crippen molar-refractivity contribution in [1.29, 1.82) is 0 Å². The summed E-state index contributed by atoms with van der Waals surface area (Å²) >= 11 is 0. The lowest BCUT2D eigenvalue weighted by Gasteiger charge is -2.17. The zero-order valence-corrected chi connectivity index (χ0v) is 14.4. The van der Waals surface area contributed by atoms with Gasteiger partial charge in [-0.25, -0.2) is 9.78 Å². The maximum absolute atomic E-state index is 12.0. The predicted molar refractivity (Wildman–Crippen MR) is 99.4 cm³/mol. The average molecular weight is 364 g/mol. The zero-order valence-electron chi connectivity index (χ0n) is 14.4. The summed E-state index contributed by atoms with van der Waals surface area (Å²) in [6, 6.07) is 3.70. The quantitative estimate of drug-likeness (QED) is 0.466. The van der Waals surface area contributed by atoms with Gasteiger partial charge in [-0.2, -0.15) is 9.61 Å². The Kier molecular flexibility index (Phi) is 3.05. The molecule has 27 heavy (non-hydrogen) atoms. The Balaban J connectivity index is 1.62. The number of nitrogens with one attached hydrogen (secondary N) is 2. The molecule has 10 heteroatoms. The summed E-state index contributed by atoms with van der Waals surface area (Å²) < 4.78 is 3.54. The molecule has 5 rings (SSSR count). The number of nitrogens with two attached hydrogens (primary N) is 1. The maximum Gasteiger partial charge on any atom is 0.325 e. The molecule has 0 fully saturated rings. The van der Waals surface area contributed by atoms with Gasteiger partial charge in [0.1, 0.15) is 11.6 Å². The topological polar surface area (TPSA) is 130 Å². The molecule has 0 saturated heterocycles. The van der Waals surface area contributed by atoms with E-state index in [4.69, 9.17) is 10.7 Å². The van der Waals surface area contributed by atoms with Crippen LogP contribution in [-0.2, 0) is 20.1 Å². The van der Waals surface area contributed by atoms with Crippen molar-refractivity contribution in [3.63, 3.8) is 0 Å². The molecule has 0 atom stereocenters. The number of rotatable bonds is 2. The first-order chi connectivity index (χ1) is 13.0. The van der Waals surface area contributed by atoms with Gasteiger partial charge < -0.3 is 20.2 Å². The summed E-state index contributed by atoms with van der Waals surface area (Å²) in [6.45, 7) is 0.727. The van der Waals surface area contributed by atoms with Crippen LogP contribution in [0.25, 0.3) is 16.8 Å². The minimum absolute atomic E-state index is 0.346. The summed E-state index contributed by atoms with van der Waals surface area (Å²) in [7, 11) is 1.95. The molecule has 4 N–H and O–H groups in total. The van der Waals surface area contributed by atoms with Gasteiger partial charge in [-0.1, -0.05) is 0 Å². The summed E-state index contributed by atoms with van der Waals surface area (Å²) in [5.74, 6) is 1.06. The molecule has 0 unspecified atom stereocenters. The van der Waals surface area contributed by atoms with Crippen molar-refractivity contribution >= 4 is 17.3 Å². The summed E-state index contributed by atoms with van der Waals surface area (Å²) in [6.07, 6.45) is 5.67. The van der Waals surface area contributed by atoms with E-state index in [9.17, 15) is 9.59 Å². The number of hydrogen-bond acceptors (Lipinski definition) is 6. The van der Waals surface area contributed by atoms with Crippen molar-refractivity contribution in [2.75, 3.05) is 10.6 Å². The van der Waals surface area contributed by atoms with Crippen molar-refractivity contribution in [1.82, 2.24) is 29.1 Å². The lowest BCUT2D eigenvalue weighted by atomic mass is 10.2. The normalized spacial score (nSPS) is 13.4. The number of fused-ring (bicyclic) bond motifs is 2. The fraction of sp³-hybridized carbons (Fsp3) is 0.176. The van der Waals surface area contributed by atoms with Gasteiger partial charge in [0, 0.05) is 42.3 Å². The number of aromatic amines is 2. The van der Waals surface area contributed by atoms with Crippen LogP contribution in [0.5, 0.6) is 0 Å². The molecule has 4 aromatic heterocycles. The first-order valence-electron chi connectivity index (χ1n) is 8.35. The fourth-order valence-corrected chi connectivity index (χ4v) is 3.46. The lowest BCUT2D eigenvalue weighted by Crippen LogP contribution is -2.25. The van der Waals surface area contributed by atoms with Crippen molar-refractivity contribution in [3.05, 3.63) is 62.8 Å². The highest BCUT2D eigenvalue weighted by Gasteiger charge is 2.25. The molecule has 0 spiro atoms. The third-order valence-electron chi connectivity index (χ3n) is 4.78. The molecule has 0 bridgehead atoms. The van der Waals surface area contributed by atoms with Gasteiger partial charge in [-0.15, -0.1) is 0 Å². The van der Waals surface area contributed by atoms with Crippen LogP contribution in [0.3, 0.4) is 0 Å². The second-order valence-electron chi connectivity index (χ2n) is 6.62. The molecular weight excluding hydrogens is 348 g/mol. The Morgan fingerprint density at radius 1 is 1.22 bits per heavy atom. The van der Waals surface area contributed by atoms with Crippen LogP contribution in [0, 0.1) is 0 Å². The molecular formula is C17H16N8O2. The molecule has 136 valence electrons. The maximum atomic E-state index is 12.0. The fourth-order valence-electron chi connectivity index (χ4n) is 3.46. The molecule has 5 heterocycles. The first kappa shape index (κ1) is 15.4. The van der Waals surface area contributed by atoms with Crippen LogP contribution in [0.4, 0.5) is 11.6 Å². The molecule has 0 aliphatic carbocycles. The summed E-state index contributed by atoms with van der Waals surface area (Å²) in [5.41, 5.74) is 8.92. The van der Waals surface area contributed by atoms with Crippen molar-refractivity contribution < 1.29 is 0 Å². The number of H-pyrrole nitrogens is 2. The van der Waals surface area contributed by atoms with Crippen LogP contribution in [-0.4, -0.2) is 29.1 Å². The number of anilines is 2. The number of hydrogen-bond donors (Lipinski definition) is 3. The summed E-state index contributed by atoms with van der Waals surface area (Å²) in [5, 5.41) is 4.34. The predicted octanol–water partition coefficient (Wildman–Crippen LogP) is 0.214. The van der Waals surface area contributed by atoms with E-state index in [0.29, 0.717) is 41.6 Å². The monoisotopic (exact) mass is 364 g/mol. The highest BCUT2D eigenvalue weighted by atomic mass is 16.2. The number of aromatic nitrogens is 6. The number of aryl methyl sites for hydroxylation is 1. The van der Waals surface area contributed by atoms with E-state index < -0.39 is 5.69 Å². The third kappa shape index (κ3) is 2.34. The SMILES string of the molecule is Cn1ccc(-c2cnn3c(N)cc(N4Cc5[nH]c(=O)[nH]c(=O)c5C4)nc23)c1. The van der Waals surface area contributed by atoms with Crippen LogP contribution in [0.15, 0.2) is 40.3 Å². The van der Waals surface area contributed by atoms with Gasteiger partial charge in [0.15, 0.2) is 5.65 Å². The number of nitrogen functional groups attached to an aromatic ring is 1. The van der Waals surface area contributed by atoms with Gasteiger partial charge >= 0.3 is 5.69 Å². The minimum Gasteiger partial charge on any atom is -0.383 e. The average Bonchev–Trinajstić information content (AvgIpc) is 3.32. The van der Waals surface area contributed by atoms with Crippen LogP contribution in [0.1, 0.15) is 11.3 Å². The largest absolute Gasteiger partial charge is 0.383 e. The van der Waals surface area contributed by atoms with Crippen molar-refractivity contribution in [2.45, 2.75) is 13.1 Å². The van der Waals surface area contributed by atoms with Gasteiger partial charge in [-0.3, -0.25) is 9.78 Å².